The first kappa shape index (κ1) is 15.8. The van der Waals surface area contributed by atoms with Crippen molar-refractivity contribution in [1.82, 2.24) is 9.55 Å². The number of nitrogens with one attached hydrogen (secondary N) is 1. The molecule has 5 heteroatoms. The number of fused-ring (bicyclic) bond motifs is 1. The second kappa shape index (κ2) is 6.17. The molecule has 1 N–H and O–H groups in total. The number of para-hydroxylation sites is 1. The van der Waals surface area contributed by atoms with E-state index < -0.39 is 0 Å². The SMILES string of the molecule is Cc1nc2cc(C(=O)Nc3ccccc3C#N)ccc2n1C(C)C. The van der Waals surface area contributed by atoms with Gasteiger partial charge in [0.25, 0.3) is 5.91 Å². The Bertz CT molecular complexity index is 963. The molecular weight excluding hydrogens is 300 g/mol. The fourth-order valence-corrected chi connectivity index (χ4v) is 2.90. The van der Waals surface area contributed by atoms with Gasteiger partial charge in [0.1, 0.15) is 11.9 Å². The Morgan fingerprint density at radius 1 is 1.25 bits per heavy atom. The minimum atomic E-state index is -0.253. The minimum Gasteiger partial charge on any atom is -0.326 e. The quantitative estimate of drug-likeness (QED) is 0.792. The summed E-state index contributed by atoms with van der Waals surface area (Å²) in [6.07, 6.45) is 0. The second-order valence-electron chi connectivity index (χ2n) is 5.94. The van der Waals surface area contributed by atoms with Gasteiger partial charge in [0.05, 0.1) is 22.3 Å². The number of nitrogens with zero attached hydrogens (tertiary/aromatic N) is 3. The summed E-state index contributed by atoms with van der Waals surface area (Å²) in [6.45, 7) is 6.17. The molecule has 0 bridgehead atoms. The lowest BCUT2D eigenvalue weighted by molar-refractivity contribution is 0.102. The van der Waals surface area contributed by atoms with Crippen LogP contribution in [0.3, 0.4) is 0 Å². The number of imidazole rings is 1. The molecule has 0 atom stereocenters. The lowest BCUT2D eigenvalue weighted by Crippen LogP contribution is -2.12. The highest BCUT2D eigenvalue weighted by molar-refractivity contribution is 6.06. The van der Waals surface area contributed by atoms with Crippen molar-refractivity contribution in [2.45, 2.75) is 26.8 Å². The molecule has 5 nitrogen and oxygen atoms in total. The molecule has 24 heavy (non-hydrogen) atoms. The summed E-state index contributed by atoms with van der Waals surface area (Å²) in [5.74, 6) is 0.670. The number of aromatic nitrogens is 2. The third kappa shape index (κ3) is 2.74. The Kier molecular flexibility index (Phi) is 4.05. The molecule has 0 aliphatic carbocycles. The maximum absolute atomic E-state index is 12.5. The molecule has 3 rings (SSSR count). The molecule has 1 aromatic heterocycles. The van der Waals surface area contributed by atoms with E-state index in [2.05, 4.69) is 34.8 Å². The number of anilines is 1. The van der Waals surface area contributed by atoms with Crippen LogP contribution in [0.4, 0.5) is 5.69 Å². The van der Waals surface area contributed by atoms with Crippen LogP contribution in [0.2, 0.25) is 0 Å². The van der Waals surface area contributed by atoms with Crippen molar-refractivity contribution in [1.29, 1.82) is 5.26 Å². The van der Waals surface area contributed by atoms with Crippen molar-refractivity contribution in [3.8, 4) is 6.07 Å². The number of aryl methyl sites for hydroxylation is 1. The Hall–Kier alpha value is -3.13. The van der Waals surface area contributed by atoms with Gasteiger partial charge in [-0.3, -0.25) is 4.79 Å². The van der Waals surface area contributed by atoms with Gasteiger partial charge in [0.2, 0.25) is 0 Å². The lowest BCUT2D eigenvalue weighted by Gasteiger charge is -2.11. The maximum Gasteiger partial charge on any atom is 0.255 e. The summed E-state index contributed by atoms with van der Waals surface area (Å²) >= 11 is 0. The van der Waals surface area contributed by atoms with Crippen LogP contribution in [0.5, 0.6) is 0 Å². The number of hydrogen-bond acceptors (Lipinski definition) is 3. The summed E-state index contributed by atoms with van der Waals surface area (Å²) in [6, 6.07) is 14.8. The molecule has 1 heterocycles. The molecule has 1 amide bonds. The molecule has 0 saturated heterocycles. The number of carbonyl (C=O) groups excluding carboxylic acids is 1. The van der Waals surface area contributed by atoms with Crippen LogP contribution in [0.25, 0.3) is 11.0 Å². The number of amides is 1. The molecule has 0 saturated carbocycles. The van der Waals surface area contributed by atoms with Crippen LogP contribution in [-0.2, 0) is 0 Å². The van der Waals surface area contributed by atoms with E-state index >= 15 is 0 Å². The average molecular weight is 318 g/mol. The average Bonchev–Trinajstić information content (AvgIpc) is 2.90. The fourth-order valence-electron chi connectivity index (χ4n) is 2.90. The van der Waals surface area contributed by atoms with E-state index in [4.69, 9.17) is 5.26 Å². The normalized spacial score (nSPS) is 10.8. The summed E-state index contributed by atoms with van der Waals surface area (Å²) in [7, 11) is 0. The number of hydrogen-bond donors (Lipinski definition) is 1. The molecule has 0 aliphatic rings. The number of carbonyl (C=O) groups is 1. The Balaban J connectivity index is 1.95. The van der Waals surface area contributed by atoms with Gasteiger partial charge in [-0.05, 0) is 51.1 Å². The summed E-state index contributed by atoms with van der Waals surface area (Å²) < 4.78 is 2.14. The van der Waals surface area contributed by atoms with E-state index in [-0.39, 0.29) is 5.91 Å². The van der Waals surface area contributed by atoms with Gasteiger partial charge in [0.15, 0.2) is 0 Å². The van der Waals surface area contributed by atoms with E-state index in [1.165, 1.54) is 0 Å². The van der Waals surface area contributed by atoms with Gasteiger partial charge >= 0.3 is 0 Å². The molecule has 120 valence electrons. The van der Waals surface area contributed by atoms with Crippen LogP contribution in [0, 0.1) is 18.3 Å². The third-order valence-corrected chi connectivity index (χ3v) is 3.94. The largest absolute Gasteiger partial charge is 0.326 e. The van der Waals surface area contributed by atoms with Gasteiger partial charge in [0, 0.05) is 11.6 Å². The second-order valence-corrected chi connectivity index (χ2v) is 5.94. The number of benzene rings is 2. The first-order valence-electron chi connectivity index (χ1n) is 7.80. The molecular formula is C19H18N4O. The molecule has 0 fully saturated rings. The summed E-state index contributed by atoms with van der Waals surface area (Å²) in [4.78, 5) is 17.0. The van der Waals surface area contributed by atoms with Crippen molar-refractivity contribution in [2.75, 3.05) is 5.32 Å². The topological polar surface area (TPSA) is 70.7 Å². The van der Waals surface area contributed by atoms with Crippen LogP contribution in [0.15, 0.2) is 42.5 Å². The molecule has 0 aliphatic heterocycles. The van der Waals surface area contributed by atoms with Crippen LogP contribution in [-0.4, -0.2) is 15.5 Å². The van der Waals surface area contributed by atoms with Crippen molar-refractivity contribution in [3.63, 3.8) is 0 Å². The van der Waals surface area contributed by atoms with E-state index in [0.717, 1.165) is 16.9 Å². The Morgan fingerprint density at radius 3 is 2.71 bits per heavy atom. The highest BCUT2D eigenvalue weighted by atomic mass is 16.1. The van der Waals surface area contributed by atoms with Crippen LogP contribution in [0.1, 0.15) is 41.6 Å². The van der Waals surface area contributed by atoms with E-state index in [1.54, 1.807) is 36.4 Å². The molecule has 2 aromatic carbocycles. The van der Waals surface area contributed by atoms with Crippen molar-refractivity contribution in [2.24, 2.45) is 0 Å². The lowest BCUT2D eigenvalue weighted by atomic mass is 10.1. The van der Waals surface area contributed by atoms with Crippen molar-refractivity contribution in [3.05, 3.63) is 59.4 Å². The molecule has 0 unspecified atom stereocenters. The highest BCUT2D eigenvalue weighted by Gasteiger charge is 2.14. The maximum atomic E-state index is 12.5. The highest BCUT2D eigenvalue weighted by Crippen LogP contribution is 2.22. The van der Waals surface area contributed by atoms with E-state index in [9.17, 15) is 4.79 Å². The van der Waals surface area contributed by atoms with Crippen molar-refractivity contribution >= 4 is 22.6 Å². The van der Waals surface area contributed by atoms with Gasteiger partial charge in [-0.25, -0.2) is 4.98 Å². The first-order chi connectivity index (χ1) is 11.5. The van der Waals surface area contributed by atoms with Gasteiger partial charge in [-0.15, -0.1) is 0 Å². The minimum absolute atomic E-state index is 0.253. The van der Waals surface area contributed by atoms with Crippen molar-refractivity contribution < 1.29 is 4.79 Å². The zero-order valence-electron chi connectivity index (χ0n) is 13.9. The van der Waals surface area contributed by atoms with Gasteiger partial charge in [-0.1, -0.05) is 12.1 Å². The zero-order chi connectivity index (χ0) is 17.3. The summed E-state index contributed by atoms with van der Waals surface area (Å²) in [5.41, 5.74) is 3.27. The van der Waals surface area contributed by atoms with Crippen LogP contribution >= 0.6 is 0 Å². The van der Waals surface area contributed by atoms with E-state index in [1.807, 2.05) is 13.0 Å². The Labute approximate surface area is 140 Å². The standard InChI is InChI=1S/C19H18N4O/c1-12(2)23-13(3)21-17-10-14(8-9-18(17)23)19(24)22-16-7-5-4-6-15(16)11-20/h4-10,12H,1-3H3,(H,22,24). The predicted octanol–water partition coefficient (Wildman–Crippen LogP) is 4.05. The zero-order valence-corrected chi connectivity index (χ0v) is 13.9. The van der Waals surface area contributed by atoms with Gasteiger partial charge in [-0.2, -0.15) is 5.26 Å². The fraction of sp³-hybridized carbons (Fsp3) is 0.211. The smallest absolute Gasteiger partial charge is 0.255 e. The van der Waals surface area contributed by atoms with E-state index in [0.29, 0.717) is 22.9 Å². The third-order valence-electron chi connectivity index (χ3n) is 3.94. The molecule has 3 aromatic rings. The monoisotopic (exact) mass is 318 g/mol. The summed E-state index contributed by atoms with van der Waals surface area (Å²) in [5, 5.41) is 11.9. The molecule has 0 spiro atoms. The van der Waals surface area contributed by atoms with Crippen LogP contribution < -0.4 is 5.32 Å². The molecule has 0 radical (unpaired) electrons. The Morgan fingerprint density at radius 2 is 2.00 bits per heavy atom. The van der Waals surface area contributed by atoms with Gasteiger partial charge < -0.3 is 9.88 Å². The number of rotatable bonds is 3. The number of nitriles is 1. The first-order valence-corrected chi connectivity index (χ1v) is 7.80. The predicted molar refractivity (Wildman–Crippen MR) is 94.0 cm³/mol.